The molecule has 1 aliphatic rings. The maximum Gasteiger partial charge on any atom is 0.269 e. The summed E-state index contributed by atoms with van der Waals surface area (Å²) in [5.74, 6) is -1.24. The highest BCUT2D eigenvalue weighted by Gasteiger charge is 2.34. The highest BCUT2D eigenvalue weighted by Crippen LogP contribution is 2.34. The number of hydrogen-bond donors (Lipinski definition) is 0. The van der Waals surface area contributed by atoms with Crippen LogP contribution in [0.3, 0.4) is 0 Å². The third-order valence-corrected chi connectivity index (χ3v) is 7.15. The summed E-state index contributed by atoms with van der Waals surface area (Å²) in [4.78, 5) is 53.5. The van der Waals surface area contributed by atoms with Gasteiger partial charge in [0.1, 0.15) is 0 Å². The SMILES string of the molecule is Cc1ccccc1N(CCN1C(=O)c2cccc3c(Br)ccc(c23)C1=O)C(=O)c1ccc([N+](=O)[O-])cc1. The van der Waals surface area contributed by atoms with Gasteiger partial charge < -0.3 is 4.90 Å². The van der Waals surface area contributed by atoms with Crippen LogP contribution in [0.25, 0.3) is 10.8 Å². The molecule has 0 unspecified atom stereocenters. The highest BCUT2D eigenvalue weighted by molar-refractivity contribution is 9.10. The molecule has 0 saturated heterocycles. The minimum absolute atomic E-state index is 0.0311. The second-order valence-corrected chi connectivity index (χ2v) is 9.49. The van der Waals surface area contributed by atoms with Crippen LogP contribution in [0.1, 0.15) is 36.6 Å². The first-order valence-electron chi connectivity index (χ1n) is 11.5. The maximum atomic E-state index is 13.6. The second-order valence-electron chi connectivity index (χ2n) is 8.63. The summed E-state index contributed by atoms with van der Waals surface area (Å²) in [7, 11) is 0. The lowest BCUT2D eigenvalue weighted by Crippen LogP contribution is -2.46. The number of nitrogens with zero attached hydrogens (tertiary/aromatic N) is 3. The van der Waals surface area contributed by atoms with Crippen molar-refractivity contribution in [3.8, 4) is 0 Å². The summed E-state index contributed by atoms with van der Waals surface area (Å²) >= 11 is 3.49. The van der Waals surface area contributed by atoms with Crippen molar-refractivity contribution in [2.75, 3.05) is 18.0 Å². The largest absolute Gasteiger partial charge is 0.306 e. The summed E-state index contributed by atoms with van der Waals surface area (Å²) < 4.78 is 0.793. The predicted octanol–water partition coefficient (Wildman–Crippen LogP) is 5.76. The number of amides is 3. The lowest BCUT2D eigenvalue weighted by molar-refractivity contribution is -0.384. The van der Waals surface area contributed by atoms with Crippen molar-refractivity contribution >= 4 is 55.8 Å². The Balaban J connectivity index is 1.48. The van der Waals surface area contributed by atoms with E-state index in [0.717, 1.165) is 15.4 Å². The fraction of sp³-hybridized carbons (Fsp3) is 0.107. The fourth-order valence-electron chi connectivity index (χ4n) is 4.59. The summed E-state index contributed by atoms with van der Waals surface area (Å²) in [5, 5.41) is 12.4. The molecule has 0 atom stereocenters. The van der Waals surface area contributed by atoms with Crippen molar-refractivity contribution in [2.45, 2.75) is 6.92 Å². The Morgan fingerprint density at radius 1 is 0.919 bits per heavy atom. The lowest BCUT2D eigenvalue weighted by Gasteiger charge is -2.31. The van der Waals surface area contributed by atoms with Gasteiger partial charge in [-0.05, 0) is 54.3 Å². The molecule has 5 rings (SSSR count). The molecule has 4 aromatic carbocycles. The summed E-state index contributed by atoms with van der Waals surface area (Å²) in [6.07, 6.45) is 0. The molecule has 0 radical (unpaired) electrons. The molecule has 4 aromatic rings. The zero-order valence-corrected chi connectivity index (χ0v) is 21.3. The molecular formula is C28H20BrN3O5. The van der Waals surface area contributed by atoms with E-state index < -0.39 is 22.6 Å². The molecule has 0 spiro atoms. The summed E-state index contributed by atoms with van der Waals surface area (Å²) in [6.45, 7) is 1.87. The number of halogens is 1. The molecule has 3 amide bonds. The standard InChI is InChI=1S/C28H20BrN3O5/c1-17-5-2-3-8-24(17)30(26(33)18-9-11-19(12-10-18)32(36)37)15-16-31-27(34)21-7-4-6-20-23(29)14-13-22(25(20)21)28(31)35/h2-14H,15-16H2,1H3. The van der Waals surface area contributed by atoms with Crippen LogP contribution in [0, 0.1) is 17.0 Å². The summed E-state index contributed by atoms with van der Waals surface area (Å²) in [6, 6.07) is 21.4. The van der Waals surface area contributed by atoms with Gasteiger partial charge in [-0.2, -0.15) is 0 Å². The molecule has 184 valence electrons. The van der Waals surface area contributed by atoms with E-state index in [9.17, 15) is 24.5 Å². The zero-order chi connectivity index (χ0) is 26.3. The van der Waals surface area contributed by atoms with Gasteiger partial charge >= 0.3 is 0 Å². The smallest absolute Gasteiger partial charge is 0.269 e. The monoisotopic (exact) mass is 557 g/mol. The maximum absolute atomic E-state index is 13.6. The Bertz CT molecular complexity index is 1580. The van der Waals surface area contributed by atoms with Crippen LogP contribution >= 0.6 is 15.9 Å². The molecule has 0 fully saturated rings. The third-order valence-electron chi connectivity index (χ3n) is 6.46. The topological polar surface area (TPSA) is 101 Å². The van der Waals surface area contributed by atoms with Crippen molar-refractivity contribution in [3.63, 3.8) is 0 Å². The van der Waals surface area contributed by atoms with Gasteiger partial charge in [-0.25, -0.2) is 0 Å². The molecule has 0 bridgehead atoms. The van der Waals surface area contributed by atoms with Crippen LogP contribution in [0.15, 0.2) is 83.3 Å². The van der Waals surface area contributed by atoms with E-state index in [-0.39, 0.29) is 24.3 Å². The van der Waals surface area contributed by atoms with Gasteiger partial charge in [-0.15, -0.1) is 0 Å². The van der Waals surface area contributed by atoms with Crippen LogP contribution < -0.4 is 4.90 Å². The van der Waals surface area contributed by atoms with E-state index in [1.165, 1.54) is 34.1 Å². The number of rotatable bonds is 6. The molecule has 1 aliphatic heterocycles. The van der Waals surface area contributed by atoms with Crippen molar-refractivity contribution in [2.24, 2.45) is 0 Å². The van der Waals surface area contributed by atoms with Crippen LogP contribution in [0.2, 0.25) is 0 Å². The average Bonchev–Trinajstić information content (AvgIpc) is 2.90. The van der Waals surface area contributed by atoms with E-state index in [2.05, 4.69) is 15.9 Å². The molecule has 0 aliphatic carbocycles. The molecule has 0 N–H and O–H groups in total. The molecular weight excluding hydrogens is 538 g/mol. The van der Waals surface area contributed by atoms with Crippen LogP contribution in [0.5, 0.6) is 0 Å². The van der Waals surface area contributed by atoms with Crippen molar-refractivity contribution in [3.05, 3.63) is 116 Å². The average molecular weight is 558 g/mol. The third kappa shape index (κ3) is 4.27. The van der Waals surface area contributed by atoms with Gasteiger partial charge in [-0.3, -0.25) is 29.4 Å². The van der Waals surface area contributed by atoms with Crippen LogP contribution in [-0.2, 0) is 0 Å². The van der Waals surface area contributed by atoms with Crippen molar-refractivity contribution in [1.29, 1.82) is 0 Å². The zero-order valence-electron chi connectivity index (χ0n) is 19.7. The first-order valence-corrected chi connectivity index (χ1v) is 12.3. The number of para-hydroxylation sites is 1. The van der Waals surface area contributed by atoms with Gasteiger partial charge in [0.2, 0.25) is 0 Å². The molecule has 9 heteroatoms. The number of aryl methyl sites for hydroxylation is 1. The van der Waals surface area contributed by atoms with Gasteiger partial charge in [0.15, 0.2) is 0 Å². The van der Waals surface area contributed by atoms with E-state index in [0.29, 0.717) is 22.2 Å². The number of carbonyl (C=O) groups is 3. The highest BCUT2D eigenvalue weighted by atomic mass is 79.9. The van der Waals surface area contributed by atoms with E-state index in [1.54, 1.807) is 36.4 Å². The van der Waals surface area contributed by atoms with E-state index in [1.807, 2.05) is 25.1 Å². The Hall–Kier alpha value is -4.37. The summed E-state index contributed by atoms with van der Waals surface area (Å²) in [5.41, 5.74) is 2.44. The van der Waals surface area contributed by atoms with Gasteiger partial charge in [-0.1, -0.05) is 46.3 Å². The number of anilines is 1. The van der Waals surface area contributed by atoms with Crippen LogP contribution in [-0.4, -0.2) is 40.6 Å². The minimum Gasteiger partial charge on any atom is -0.306 e. The predicted molar refractivity (Wildman–Crippen MR) is 143 cm³/mol. The van der Waals surface area contributed by atoms with Crippen molar-refractivity contribution < 1.29 is 19.3 Å². The Kier molecular flexibility index (Phi) is 6.31. The van der Waals surface area contributed by atoms with Gasteiger partial charge in [0.05, 0.1) is 4.92 Å². The number of nitro groups is 1. The van der Waals surface area contributed by atoms with E-state index >= 15 is 0 Å². The first-order chi connectivity index (χ1) is 17.8. The Labute approximate surface area is 220 Å². The van der Waals surface area contributed by atoms with Crippen LogP contribution in [0.4, 0.5) is 11.4 Å². The molecule has 37 heavy (non-hydrogen) atoms. The fourth-order valence-corrected chi connectivity index (χ4v) is 5.06. The lowest BCUT2D eigenvalue weighted by atomic mass is 9.94. The molecule has 0 saturated carbocycles. The number of non-ortho nitro benzene ring substituents is 1. The first kappa shape index (κ1) is 24.3. The normalized spacial score (nSPS) is 12.6. The molecule has 8 nitrogen and oxygen atoms in total. The second kappa shape index (κ2) is 9.59. The number of hydrogen-bond acceptors (Lipinski definition) is 5. The van der Waals surface area contributed by atoms with Gasteiger partial charge in [0, 0.05) is 57.5 Å². The van der Waals surface area contributed by atoms with Crippen molar-refractivity contribution in [1.82, 2.24) is 4.90 Å². The van der Waals surface area contributed by atoms with E-state index in [4.69, 9.17) is 0 Å². The Morgan fingerprint density at radius 3 is 2.27 bits per heavy atom. The minimum atomic E-state index is -0.530. The number of benzene rings is 4. The molecule has 0 aromatic heterocycles. The molecule has 1 heterocycles. The Morgan fingerprint density at radius 2 is 1.59 bits per heavy atom. The number of imide groups is 1. The van der Waals surface area contributed by atoms with Gasteiger partial charge in [0.25, 0.3) is 23.4 Å². The number of carbonyl (C=O) groups excluding carboxylic acids is 3. The quantitative estimate of drug-likeness (QED) is 0.170. The number of nitro benzene ring substituents is 1.